The van der Waals surface area contributed by atoms with E-state index < -0.39 is 17.7 Å². The summed E-state index contributed by atoms with van der Waals surface area (Å²) in [7, 11) is 2.74. The molecule has 1 saturated heterocycles. The van der Waals surface area contributed by atoms with Crippen molar-refractivity contribution in [2.75, 3.05) is 38.2 Å². The molecular weight excluding hydrogens is 573 g/mol. The van der Waals surface area contributed by atoms with Gasteiger partial charge in [-0.15, -0.1) is 0 Å². The van der Waals surface area contributed by atoms with Gasteiger partial charge in [-0.2, -0.15) is 28.6 Å². The lowest BCUT2D eigenvalue weighted by atomic mass is 9.90. The number of amides is 1. The van der Waals surface area contributed by atoms with Gasteiger partial charge >= 0.3 is 6.18 Å². The molecule has 0 radical (unpaired) electrons. The van der Waals surface area contributed by atoms with Gasteiger partial charge in [0.25, 0.3) is 11.5 Å². The molecule has 1 amide bonds. The van der Waals surface area contributed by atoms with Crippen LogP contribution in [-0.4, -0.2) is 74.7 Å². The smallest absolute Gasteiger partial charge is 0.356 e. The van der Waals surface area contributed by atoms with Crippen LogP contribution >= 0.6 is 0 Å². The fourth-order valence-corrected chi connectivity index (χ4v) is 5.65. The Kier molecular flexibility index (Phi) is 7.30. The lowest BCUT2D eigenvalue weighted by Gasteiger charge is -2.41. The van der Waals surface area contributed by atoms with Crippen LogP contribution < -0.4 is 4.90 Å². The first-order valence-corrected chi connectivity index (χ1v) is 13.7. The summed E-state index contributed by atoms with van der Waals surface area (Å²) in [5.74, 6) is -0.528. The highest BCUT2D eigenvalue weighted by atomic mass is 19.4. The van der Waals surface area contributed by atoms with Crippen LogP contribution in [0.25, 0.3) is 27.8 Å². The second-order valence-electron chi connectivity index (χ2n) is 10.4. The lowest BCUT2D eigenvalue weighted by Crippen LogP contribution is -2.60. The van der Waals surface area contributed by atoms with Crippen molar-refractivity contribution in [3.8, 4) is 28.3 Å². The van der Waals surface area contributed by atoms with Crippen LogP contribution in [0, 0.1) is 11.3 Å². The van der Waals surface area contributed by atoms with E-state index >= 15 is 0 Å². The molecule has 1 fully saturated rings. The third kappa shape index (κ3) is 4.83. The number of hydrogen-bond donors (Lipinski definition) is 0. The number of benzene rings is 1. The minimum absolute atomic E-state index is 0.0609. The Hall–Kier alpha value is -5.22. The van der Waals surface area contributed by atoms with E-state index in [1.165, 1.54) is 35.4 Å². The number of pyridine rings is 2. The Morgan fingerprint density at radius 3 is 2.27 bits per heavy atom. The molecule has 224 valence electrons. The molecule has 0 aliphatic carbocycles. The summed E-state index contributed by atoms with van der Waals surface area (Å²) in [4.78, 5) is 21.2. The molecule has 6 rings (SSSR count). The molecule has 5 aromatic rings. The summed E-state index contributed by atoms with van der Waals surface area (Å²) in [5, 5.41) is 18.3. The number of alkyl halides is 3. The lowest BCUT2D eigenvalue weighted by molar-refractivity contribution is -0.270. The number of halogens is 3. The molecule has 1 aliphatic rings. The second-order valence-corrected chi connectivity index (χ2v) is 10.4. The van der Waals surface area contributed by atoms with E-state index in [1.807, 2.05) is 42.5 Å². The third-order valence-electron chi connectivity index (χ3n) is 7.91. The first-order valence-electron chi connectivity index (χ1n) is 13.7. The highest BCUT2D eigenvalue weighted by molar-refractivity contribution is 5.89. The number of aromatic nitrogens is 5. The quantitative estimate of drug-likeness (QED) is 0.284. The topological polar surface area (TPSA) is 105 Å². The van der Waals surface area contributed by atoms with E-state index in [1.54, 1.807) is 27.7 Å². The Morgan fingerprint density at radius 2 is 1.68 bits per heavy atom. The average molecular weight is 601 g/mol. The van der Waals surface area contributed by atoms with Gasteiger partial charge in [-0.05, 0) is 18.2 Å². The summed E-state index contributed by atoms with van der Waals surface area (Å²) >= 11 is 0. The van der Waals surface area contributed by atoms with Gasteiger partial charge in [0.15, 0.2) is 0 Å². The first-order chi connectivity index (χ1) is 21.2. The number of nitriles is 1. The van der Waals surface area contributed by atoms with Crippen molar-refractivity contribution in [1.82, 2.24) is 29.3 Å². The molecule has 0 N–H and O–H groups in total. The summed E-state index contributed by atoms with van der Waals surface area (Å²) in [6.07, 6.45) is 3.72. The maximum absolute atomic E-state index is 14.4. The van der Waals surface area contributed by atoms with E-state index in [-0.39, 0.29) is 31.7 Å². The highest BCUT2D eigenvalue weighted by Gasteiger charge is 2.63. The minimum Gasteiger partial charge on any atom is -0.356 e. The summed E-state index contributed by atoms with van der Waals surface area (Å²) in [5.41, 5.74) is 0.973. The van der Waals surface area contributed by atoms with Crippen molar-refractivity contribution < 1.29 is 22.7 Å². The summed E-state index contributed by atoms with van der Waals surface area (Å²) in [6.45, 7) is 0.690. The molecule has 5 heterocycles. The molecule has 1 atom stereocenters. The highest BCUT2D eigenvalue weighted by Crippen LogP contribution is 2.43. The van der Waals surface area contributed by atoms with Gasteiger partial charge in [0.2, 0.25) is 0 Å². The van der Waals surface area contributed by atoms with Crippen LogP contribution in [0.1, 0.15) is 11.1 Å². The molecular formula is C31H27F3N8O2. The van der Waals surface area contributed by atoms with Crippen molar-refractivity contribution in [3.05, 3.63) is 90.6 Å². The van der Waals surface area contributed by atoms with Gasteiger partial charge in [0, 0.05) is 86.7 Å². The Morgan fingerprint density at radius 1 is 0.932 bits per heavy atom. The molecule has 0 saturated carbocycles. The fourth-order valence-electron chi connectivity index (χ4n) is 5.65. The predicted octanol–water partition coefficient (Wildman–Crippen LogP) is 4.42. The molecule has 0 spiro atoms. The van der Waals surface area contributed by atoms with Gasteiger partial charge < -0.3 is 14.5 Å². The monoisotopic (exact) mass is 600 g/mol. The Labute approximate surface area is 250 Å². The zero-order chi connectivity index (χ0) is 31.1. The standard InChI is InChI=1S/C31H27F3N8O2/c1-39-19-24(18-37-39)22-14-26(28-23(15-35)17-38-42(28)20-22)21-8-9-27(36-16-21)40-10-12-41(13-11-40)29(43)30(44-2,31(32,33)34)25-6-4-3-5-7-25/h3-9,14,16-20H,10-13H2,1-2H3. The zero-order valence-corrected chi connectivity index (χ0v) is 23.9. The number of carbonyl (C=O) groups excluding carboxylic acids is 1. The number of fused-ring (bicyclic) bond motifs is 1. The molecule has 1 aromatic carbocycles. The van der Waals surface area contributed by atoms with Crippen LogP contribution in [-0.2, 0) is 22.2 Å². The van der Waals surface area contributed by atoms with Gasteiger partial charge in [-0.3, -0.25) is 9.48 Å². The number of carbonyl (C=O) groups is 1. The molecule has 1 aliphatic heterocycles. The van der Waals surface area contributed by atoms with Crippen LogP contribution in [0.5, 0.6) is 0 Å². The van der Waals surface area contributed by atoms with Gasteiger partial charge in [0.05, 0.1) is 23.5 Å². The predicted molar refractivity (Wildman–Crippen MR) is 155 cm³/mol. The Balaban J connectivity index is 1.24. The number of ether oxygens (including phenoxy) is 1. The minimum atomic E-state index is -4.96. The molecule has 13 heteroatoms. The van der Waals surface area contributed by atoms with Crippen LogP contribution in [0.2, 0.25) is 0 Å². The number of anilines is 1. The molecule has 4 aromatic heterocycles. The Bertz CT molecular complexity index is 1850. The number of aryl methyl sites for hydroxylation is 1. The SMILES string of the molecule is COC(C(=O)N1CCN(c2ccc(-c3cc(-c4cnn(C)c4)cn4ncc(C#N)c34)cn2)CC1)(c1ccccc1)C(F)(F)F. The number of methoxy groups -OCH3 is 1. The van der Waals surface area contributed by atoms with Crippen molar-refractivity contribution in [3.63, 3.8) is 0 Å². The maximum atomic E-state index is 14.4. The number of rotatable bonds is 6. The van der Waals surface area contributed by atoms with Crippen molar-refractivity contribution in [2.24, 2.45) is 7.05 Å². The maximum Gasteiger partial charge on any atom is 0.430 e. The van der Waals surface area contributed by atoms with Crippen LogP contribution in [0.15, 0.2) is 79.5 Å². The fraction of sp³-hybridized carbons (Fsp3) is 0.258. The van der Waals surface area contributed by atoms with Crippen molar-refractivity contribution in [2.45, 2.75) is 11.8 Å². The van der Waals surface area contributed by atoms with E-state index in [2.05, 4.69) is 21.3 Å². The van der Waals surface area contributed by atoms with E-state index in [4.69, 9.17) is 4.74 Å². The largest absolute Gasteiger partial charge is 0.430 e. The van der Waals surface area contributed by atoms with Crippen molar-refractivity contribution in [1.29, 1.82) is 5.26 Å². The number of piperazine rings is 1. The second kappa shape index (κ2) is 11.1. The van der Waals surface area contributed by atoms with Gasteiger partial charge in [-0.25, -0.2) is 9.50 Å². The molecule has 44 heavy (non-hydrogen) atoms. The first kappa shape index (κ1) is 28.9. The molecule has 10 nitrogen and oxygen atoms in total. The van der Waals surface area contributed by atoms with E-state index in [0.717, 1.165) is 29.4 Å². The zero-order valence-electron chi connectivity index (χ0n) is 23.9. The third-order valence-corrected chi connectivity index (χ3v) is 7.91. The molecule has 1 unspecified atom stereocenters. The number of hydrogen-bond acceptors (Lipinski definition) is 7. The summed E-state index contributed by atoms with van der Waals surface area (Å²) in [6, 6.07) is 14.8. The van der Waals surface area contributed by atoms with E-state index in [0.29, 0.717) is 16.9 Å². The van der Waals surface area contributed by atoms with Crippen LogP contribution in [0.4, 0.5) is 19.0 Å². The normalized spacial score (nSPS) is 15.3. The van der Waals surface area contributed by atoms with E-state index in [9.17, 15) is 23.2 Å². The molecule has 0 bridgehead atoms. The van der Waals surface area contributed by atoms with Crippen LogP contribution in [0.3, 0.4) is 0 Å². The van der Waals surface area contributed by atoms with Gasteiger partial charge in [-0.1, -0.05) is 30.3 Å². The number of nitrogens with zero attached hydrogens (tertiary/aromatic N) is 8. The van der Waals surface area contributed by atoms with Gasteiger partial charge in [0.1, 0.15) is 11.9 Å². The van der Waals surface area contributed by atoms with Crippen molar-refractivity contribution >= 4 is 17.2 Å². The summed E-state index contributed by atoms with van der Waals surface area (Å²) < 4.78 is 51.6. The average Bonchev–Trinajstić information content (AvgIpc) is 3.67.